The maximum Gasteiger partial charge on any atom is 0.253 e. The second-order valence-electron chi connectivity index (χ2n) is 7.33. The molecule has 1 atom stereocenters. The number of H-pyrrole nitrogens is 1. The third-order valence-electron chi connectivity index (χ3n) is 5.07. The topological polar surface area (TPSA) is 61.0 Å². The lowest BCUT2D eigenvalue weighted by atomic mass is 10.1. The van der Waals surface area contributed by atoms with Gasteiger partial charge in [-0.15, -0.1) is 0 Å². The molecule has 0 saturated carbocycles. The molecule has 2 N–H and O–H groups in total. The average molecular weight is 348 g/mol. The van der Waals surface area contributed by atoms with Crippen LogP contribution in [0, 0.1) is 13.8 Å². The zero-order valence-corrected chi connectivity index (χ0v) is 15.2. The molecule has 2 heterocycles. The van der Waals surface area contributed by atoms with Gasteiger partial charge in [0.15, 0.2) is 0 Å². The summed E-state index contributed by atoms with van der Waals surface area (Å²) in [5.41, 5.74) is 5.15. The Morgan fingerprint density at radius 1 is 1.23 bits per heavy atom. The molecule has 4 rings (SSSR count). The molecule has 26 heavy (non-hydrogen) atoms. The monoisotopic (exact) mass is 348 g/mol. The lowest BCUT2D eigenvalue weighted by Crippen LogP contribution is -2.37. The molecule has 0 aliphatic carbocycles. The van der Waals surface area contributed by atoms with Gasteiger partial charge >= 0.3 is 0 Å². The van der Waals surface area contributed by atoms with E-state index >= 15 is 0 Å². The van der Waals surface area contributed by atoms with Crippen molar-refractivity contribution >= 4 is 16.8 Å². The van der Waals surface area contributed by atoms with Crippen LogP contribution in [-0.4, -0.2) is 40.1 Å². The van der Waals surface area contributed by atoms with Crippen molar-refractivity contribution in [3.63, 3.8) is 0 Å². The Morgan fingerprint density at radius 3 is 2.85 bits per heavy atom. The first-order valence-corrected chi connectivity index (χ1v) is 9.11. The Morgan fingerprint density at radius 2 is 2.04 bits per heavy atom. The van der Waals surface area contributed by atoms with Gasteiger partial charge < -0.3 is 5.32 Å². The summed E-state index contributed by atoms with van der Waals surface area (Å²) in [4.78, 5) is 15.2. The van der Waals surface area contributed by atoms with E-state index < -0.39 is 0 Å². The molecule has 5 heteroatoms. The molecule has 1 amide bonds. The highest BCUT2D eigenvalue weighted by molar-refractivity contribution is 6.05. The number of carbonyl (C=O) groups is 1. The van der Waals surface area contributed by atoms with Crippen LogP contribution in [0.1, 0.15) is 33.5 Å². The minimum absolute atomic E-state index is 0.0230. The second-order valence-corrected chi connectivity index (χ2v) is 7.33. The van der Waals surface area contributed by atoms with E-state index in [-0.39, 0.29) is 11.9 Å². The molecule has 1 saturated heterocycles. The number of rotatable bonds is 4. The highest BCUT2D eigenvalue weighted by Gasteiger charge is 2.25. The van der Waals surface area contributed by atoms with Crippen molar-refractivity contribution in [2.24, 2.45) is 0 Å². The van der Waals surface area contributed by atoms with Crippen LogP contribution in [-0.2, 0) is 6.54 Å². The second kappa shape index (κ2) is 6.92. The van der Waals surface area contributed by atoms with Crippen LogP contribution in [0.25, 0.3) is 10.9 Å². The van der Waals surface area contributed by atoms with Crippen molar-refractivity contribution < 1.29 is 4.79 Å². The Kier molecular flexibility index (Phi) is 4.47. The van der Waals surface area contributed by atoms with Gasteiger partial charge in [0.05, 0.1) is 17.3 Å². The van der Waals surface area contributed by atoms with Crippen LogP contribution in [0.2, 0.25) is 0 Å². The standard InChI is InChI=1S/C21H24N4O/c1-14-3-5-16(6-4-14)12-25-8-7-18(13-25)23-21(26)19-10-15(2)9-17-11-22-24-20(17)19/h3-6,9-11,18H,7-8,12-13H2,1-2H3,(H,22,24)(H,23,26). The van der Waals surface area contributed by atoms with E-state index in [1.807, 2.05) is 19.1 Å². The SMILES string of the molecule is Cc1ccc(CN2CCC(NC(=O)c3cc(C)cc4cn[nH]c34)C2)cc1. The Hall–Kier alpha value is -2.66. The molecule has 1 aromatic heterocycles. The zero-order valence-electron chi connectivity index (χ0n) is 15.2. The highest BCUT2D eigenvalue weighted by Crippen LogP contribution is 2.20. The Bertz CT molecular complexity index is 929. The van der Waals surface area contributed by atoms with Crippen LogP contribution in [0.4, 0.5) is 0 Å². The van der Waals surface area contributed by atoms with E-state index in [1.54, 1.807) is 6.20 Å². The van der Waals surface area contributed by atoms with Crippen molar-refractivity contribution in [3.8, 4) is 0 Å². The number of hydrogen-bond donors (Lipinski definition) is 2. The number of carbonyl (C=O) groups excluding carboxylic acids is 1. The summed E-state index contributed by atoms with van der Waals surface area (Å²) in [6, 6.07) is 12.8. The molecule has 1 fully saturated rings. The molecule has 2 aromatic carbocycles. The van der Waals surface area contributed by atoms with E-state index in [0.29, 0.717) is 5.56 Å². The van der Waals surface area contributed by atoms with Gasteiger partial charge in [0.25, 0.3) is 5.91 Å². The number of aromatic nitrogens is 2. The lowest BCUT2D eigenvalue weighted by molar-refractivity contribution is 0.0939. The van der Waals surface area contributed by atoms with E-state index in [2.05, 4.69) is 51.6 Å². The smallest absolute Gasteiger partial charge is 0.253 e. The maximum atomic E-state index is 12.8. The van der Waals surface area contributed by atoms with Crippen molar-refractivity contribution in [1.29, 1.82) is 0 Å². The molecule has 0 bridgehead atoms. The fraction of sp³-hybridized carbons (Fsp3) is 0.333. The molecular formula is C21H24N4O. The molecule has 0 spiro atoms. The largest absolute Gasteiger partial charge is 0.348 e. The minimum atomic E-state index is -0.0230. The number of nitrogens with one attached hydrogen (secondary N) is 2. The third-order valence-corrected chi connectivity index (χ3v) is 5.07. The number of likely N-dealkylation sites (tertiary alicyclic amines) is 1. The predicted molar refractivity (Wildman–Crippen MR) is 103 cm³/mol. The fourth-order valence-electron chi connectivity index (χ4n) is 3.70. The third kappa shape index (κ3) is 3.48. The number of nitrogens with zero attached hydrogens (tertiary/aromatic N) is 2. The van der Waals surface area contributed by atoms with E-state index in [1.165, 1.54) is 11.1 Å². The van der Waals surface area contributed by atoms with Gasteiger partial charge in [-0.25, -0.2) is 0 Å². The molecule has 1 aliphatic heterocycles. The summed E-state index contributed by atoms with van der Waals surface area (Å²) in [7, 11) is 0. The number of aryl methyl sites for hydroxylation is 2. The van der Waals surface area contributed by atoms with Crippen LogP contribution in [0.5, 0.6) is 0 Å². The minimum Gasteiger partial charge on any atom is -0.348 e. The summed E-state index contributed by atoms with van der Waals surface area (Å²) in [5, 5.41) is 11.2. The summed E-state index contributed by atoms with van der Waals surface area (Å²) in [5.74, 6) is -0.0230. The highest BCUT2D eigenvalue weighted by atomic mass is 16.1. The number of hydrogen-bond acceptors (Lipinski definition) is 3. The van der Waals surface area contributed by atoms with Crippen molar-refractivity contribution in [2.75, 3.05) is 13.1 Å². The molecule has 1 unspecified atom stereocenters. The Labute approximate surface area is 153 Å². The normalized spacial score (nSPS) is 17.7. The lowest BCUT2D eigenvalue weighted by Gasteiger charge is -2.17. The fourth-order valence-corrected chi connectivity index (χ4v) is 3.70. The van der Waals surface area contributed by atoms with Gasteiger partial charge in [-0.1, -0.05) is 29.8 Å². The van der Waals surface area contributed by atoms with E-state index in [0.717, 1.165) is 42.5 Å². The number of fused-ring (bicyclic) bond motifs is 1. The summed E-state index contributed by atoms with van der Waals surface area (Å²) >= 11 is 0. The summed E-state index contributed by atoms with van der Waals surface area (Å²) in [6.45, 7) is 6.93. The van der Waals surface area contributed by atoms with E-state index in [9.17, 15) is 4.79 Å². The Balaban J connectivity index is 1.41. The van der Waals surface area contributed by atoms with Gasteiger partial charge in [0.2, 0.25) is 0 Å². The number of benzene rings is 2. The van der Waals surface area contributed by atoms with Gasteiger partial charge in [-0.2, -0.15) is 5.10 Å². The summed E-state index contributed by atoms with van der Waals surface area (Å²) in [6.07, 6.45) is 2.74. The molecule has 5 nitrogen and oxygen atoms in total. The van der Waals surface area contributed by atoms with Crippen molar-refractivity contribution in [2.45, 2.75) is 32.9 Å². The zero-order chi connectivity index (χ0) is 18.1. The molecule has 1 aliphatic rings. The first-order valence-electron chi connectivity index (χ1n) is 9.11. The van der Waals surface area contributed by atoms with Crippen molar-refractivity contribution in [1.82, 2.24) is 20.4 Å². The van der Waals surface area contributed by atoms with Gasteiger partial charge in [-0.3, -0.25) is 14.8 Å². The first kappa shape index (κ1) is 16.8. The molecule has 0 radical (unpaired) electrons. The van der Waals surface area contributed by atoms with Crippen LogP contribution in [0.3, 0.4) is 0 Å². The van der Waals surface area contributed by atoms with E-state index in [4.69, 9.17) is 0 Å². The maximum absolute atomic E-state index is 12.8. The number of aromatic amines is 1. The molecule has 134 valence electrons. The predicted octanol–water partition coefficient (Wildman–Crippen LogP) is 3.18. The van der Waals surface area contributed by atoms with Gasteiger partial charge in [-0.05, 0) is 43.5 Å². The molecule has 3 aromatic rings. The molecular weight excluding hydrogens is 324 g/mol. The van der Waals surface area contributed by atoms with Crippen LogP contribution in [0.15, 0.2) is 42.6 Å². The summed E-state index contributed by atoms with van der Waals surface area (Å²) < 4.78 is 0. The first-order chi connectivity index (χ1) is 12.6. The van der Waals surface area contributed by atoms with Crippen LogP contribution >= 0.6 is 0 Å². The van der Waals surface area contributed by atoms with Gasteiger partial charge in [0.1, 0.15) is 0 Å². The van der Waals surface area contributed by atoms with Gasteiger partial charge in [0, 0.05) is 31.1 Å². The van der Waals surface area contributed by atoms with Crippen LogP contribution < -0.4 is 5.32 Å². The average Bonchev–Trinajstić information content (AvgIpc) is 3.25. The number of amides is 1. The quantitative estimate of drug-likeness (QED) is 0.761. The van der Waals surface area contributed by atoms with Crippen molar-refractivity contribution in [3.05, 3.63) is 64.8 Å².